The lowest BCUT2D eigenvalue weighted by Gasteiger charge is -2.19. The van der Waals surface area contributed by atoms with Gasteiger partial charge < -0.3 is 9.40 Å². The van der Waals surface area contributed by atoms with Crippen molar-refractivity contribution in [2.75, 3.05) is 0 Å². The van der Waals surface area contributed by atoms with Crippen molar-refractivity contribution >= 4 is 46.5 Å². The van der Waals surface area contributed by atoms with E-state index in [1.807, 2.05) is 0 Å². The summed E-state index contributed by atoms with van der Waals surface area (Å²) in [7, 11) is 0. The average molecular weight is 840 g/mol. The Balaban J connectivity index is 1.42. The van der Waals surface area contributed by atoms with Crippen LogP contribution in [0.15, 0.2) is 126 Å². The molecular weight excluding hydrogens is 779 g/mol. The molecule has 5 heterocycles. The van der Waals surface area contributed by atoms with Crippen LogP contribution in [0.2, 0.25) is 0 Å². The molecule has 7 aromatic rings. The third kappa shape index (κ3) is 8.23. The Morgan fingerprint density at radius 1 is 0.312 bits per heavy atom. The van der Waals surface area contributed by atoms with Gasteiger partial charge in [-0.25, -0.2) is 9.97 Å². The summed E-state index contributed by atoms with van der Waals surface area (Å²) in [5.41, 5.74) is 20.3. The molecule has 0 fully saturated rings. The highest BCUT2D eigenvalue weighted by Crippen LogP contribution is 2.41. The molecule has 64 heavy (non-hydrogen) atoms. The number of aromatic amines is 1. The molecule has 0 aliphatic carbocycles. The highest BCUT2D eigenvalue weighted by atomic mass is 16.3. The standard InChI is InChI=1S/C60H61N3O/c1-57(2,3)41-21-13-37(14-22-41)53-45-29-30-46(61-45)54(38-15-23-42(24-16-38)58(4,5)6)48-32-34-50(63-48)56(40-19-27-44(28-20-40)60(10,11)12)52-36-35-51(64-52)55(49-33-31-47(53)62-49)39-17-25-43(26-18-39)59(7,8)9/h13-36,61H,1-12H3. The van der Waals surface area contributed by atoms with E-state index in [1.54, 1.807) is 0 Å². The lowest BCUT2D eigenvalue weighted by molar-refractivity contribution is 0.590. The van der Waals surface area contributed by atoms with E-state index in [0.29, 0.717) is 0 Å². The Bertz CT molecular complexity index is 2700. The second kappa shape index (κ2) is 15.6. The highest BCUT2D eigenvalue weighted by molar-refractivity contribution is 5.99. The fraction of sp³-hybridized carbons (Fsp3) is 0.267. The van der Waals surface area contributed by atoms with Crippen LogP contribution in [0, 0.1) is 0 Å². The van der Waals surface area contributed by atoms with Crippen LogP contribution < -0.4 is 0 Å². The number of hydrogen-bond donors (Lipinski definition) is 1. The first kappa shape index (κ1) is 42.8. The molecule has 0 saturated carbocycles. The largest absolute Gasteiger partial charge is 0.456 e. The minimum atomic E-state index is 0.0134. The second-order valence-electron chi connectivity index (χ2n) is 21.7. The number of H-pyrrole nitrogens is 1. The SMILES string of the molecule is CC(C)(C)c1ccc(-c2c3nc(c(-c4ccc(C(C)(C)C)cc4)c4ccc(o4)c(-c4ccc(C(C)(C)C)cc4)c4nc(c(-c5ccc(C(C)(C)C)cc5)c5ccc2[nH]5)C=C4)C=C3)cc1. The smallest absolute Gasteiger partial charge is 0.137 e. The highest BCUT2D eigenvalue weighted by Gasteiger charge is 2.23. The molecule has 0 atom stereocenters. The number of hydrogen-bond acceptors (Lipinski definition) is 3. The van der Waals surface area contributed by atoms with E-state index >= 15 is 0 Å². The van der Waals surface area contributed by atoms with E-state index in [4.69, 9.17) is 14.4 Å². The van der Waals surface area contributed by atoms with Crippen molar-refractivity contribution in [2.45, 2.75) is 105 Å². The van der Waals surface area contributed by atoms with Crippen LogP contribution in [0.5, 0.6) is 0 Å². The maximum absolute atomic E-state index is 7.11. The monoisotopic (exact) mass is 839 g/mol. The lowest BCUT2D eigenvalue weighted by Crippen LogP contribution is -2.10. The van der Waals surface area contributed by atoms with Crippen molar-refractivity contribution in [3.05, 3.63) is 166 Å². The summed E-state index contributed by atoms with van der Waals surface area (Å²) in [6, 6.07) is 44.4. The minimum absolute atomic E-state index is 0.0134. The van der Waals surface area contributed by atoms with Gasteiger partial charge in [0.1, 0.15) is 11.2 Å². The van der Waals surface area contributed by atoms with Gasteiger partial charge in [-0.15, -0.1) is 0 Å². The molecule has 0 spiro atoms. The van der Waals surface area contributed by atoms with Gasteiger partial charge in [-0.3, -0.25) is 0 Å². The van der Waals surface area contributed by atoms with Gasteiger partial charge in [-0.1, -0.05) is 180 Å². The number of nitrogens with one attached hydrogen (secondary N) is 1. The Labute approximate surface area is 379 Å². The van der Waals surface area contributed by atoms with Crippen LogP contribution in [-0.4, -0.2) is 15.0 Å². The lowest BCUT2D eigenvalue weighted by atomic mass is 9.86. The van der Waals surface area contributed by atoms with Crippen molar-refractivity contribution in [3.8, 4) is 44.5 Å². The molecule has 0 unspecified atom stereocenters. The molecule has 2 aliphatic heterocycles. The molecule has 4 aromatic carbocycles. The first-order chi connectivity index (χ1) is 30.2. The Morgan fingerprint density at radius 3 is 0.828 bits per heavy atom. The summed E-state index contributed by atoms with van der Waals surface area (Å²) in [5, 5.41) is 0. The summed E-state index contributed by atoms with van der Waals surface area (Å²) in [5.74, 6) is 0. The molecule has 3 aromatic heterocycles. The van der Waals surface area contributed by atoms with Crippen molar-refractivity contribution in [2.24, 2.45) is 0 Å². The summed E-state index contributed by atoms with van der Waals surface area (Å²) in [6.45, 7) is 27.0. The quantitative estimate of drug-likeness (QED) is 0.192. The van der Waals surface area contributed by atoms with Gasteiger partial charge >= 0.3 is 0 Å². The zero-order chi connectivity index (χ0) is 45.3. The van der Waals surface area contributed by atoms with Crippen molar-refractivity contribution < 1.29 is 4.42 Å². The number of aromatic nitrogens is 3. The summed E-state index contributed by atoms with van der Waals surface area (Å²) in [6.07, 6.45) is 8.60. The van der Waals surface area contributed by atoms with E-state index in [-0.39, 0.29) is 21.7 Å². The molecule has 4 nitrogen and oxygen atoms in total. The molecule has 0 amide bonds. The van der Waals surface area contributed by atoms with E-state index in [0.717, 1.165) is 89.5 Å². The number of benzene rings is 4. The molecule has 9 rings (SSSR count). The molecular formula is C60H61N3O. The maximum atomic E-state index is 7.11. The van der Waals surface area contributed by atoms with Gasteiger partial charge in [0, 0.05) is 22.2 Å². The van der Waals surface area contributed by atoms with Crippen molar-refractivity contribution in [3.63, 3.8) is 0 Å². The number of fused-ring (bicyclic) bond motifs is 8. The van der Waals surface area contributed by atoms with Crippen LogP contribution in [0.1, 0.15) is 128 Å². The second-order valence-corrected chi connectivity index (χ2v) is 21.7. The molecule has 1 N–H and O–H groups in total. The van der Waals surface area contributed by atoms with Gasteiger partial charge in [0.2, 0.25) is 0 Å². The molecule has 0 saturated heterocycles. The summed E-state index contributed by atoms with van der Waals surface area (Å²) in [4.78, 5) is 15.0. The molecule has 322 valence electrons. The zero-order valence-electron chi connectivity index (χ0n) is 39.7. The molecule has 0 radical (unpaired) electrons. The van der Waals surface area contributed by atoms with Crippen molar-refractivity contribution in [1.82, 2.24) is 15.0 Å². The molecule has 2 aliphatic rings. The van der Waals surface area contributed by atoms with E-state index < -0.39 is 0 Å². The third-order valence-electron chi connectivity index (χ3n) is 12.8. The predicted molar refractivity (Wildman–Crippen MR) is 273 cm³/mol. The normalized spacial score (nSPS) is 13.2. The fourth-order valence-electron chi connectivity index (χ4n) is 8.84. The maximum Gasteiger partial charge on any atom is 0.137 e. The molecule has 4 heteroatoms. The van der Waals surface area contributed by atoms with E-state index in [9.17, 15) is 0 Å². The zero-order valence-corrected chi connectivity index (χ0v) is 39.7. The van der Waals surface area contributed by atoms with Gasteiger partial charge in [-0.2, -0.15) is 0 Å². The van der Waals surface area contributed by atoms with Gasteiger partial charge in [0.15, 0.2) is 0 Å². The number of furan rings is 1. The fourth-order valence-corrected chi connectivity index (χ4v) is 8.84. The number of rotatable bonds is 4. The van der Waals surface area contributed by atoms with Gasteiger partial charge in [-0.05, 0) is 115 Å². The Kier molecular flexibility index (Phi) is 10.4. The minimum Gasteiger partial charge on any atom is -0.456 e. The Morgan fingerprint density at radius 2 is 0.562 bits per heavy atom. The van der Waals surface area contributed by atoms with E-state index in [1.165, 1.54) is 22.3 Å². The van der Waals surface area contributed by atoms with Crippen LogP contribution in [0.25, 0.3) is 91.0 Å². The Hall–Kier alpha value is -6.52. The summed E-state index contributed by atoms with van der Waals surface area (Å²) < 4.78 is 7.11. The first-order valence-electron chi connectivity index (χ1n) is 22.7. The topological polar surface area (TPSA) is 54.7 Å². The van der Waals surface area contributed by atoms with Gasteiger partial charge in [0.05, 0.1) is 33.9 Å². The third-order valence-corrected chi connectivity index (χ3v) is 12.8. The average Bonchev–Trinajstić information content (AvgIpc) is 4.08. The predicted octanol–water partition coefficient (Wildman–Crippen LogP) is 16.8. The van der Waals surface area contributed by atoms with E-state index in [2.05, 4.69) is 234 Å². The van der Waals surface area contributed by atoms with Gasteiger partial charge in [0.25, 0.3) is 0 Å². The number of nitrogens with zero attached hydrogens (tertiary/aromatic N) is 2. The van der Waals surface area contributed by atoms with Crippen LogP contribution in [0.4, 0.5) is 0 Å². The summed E-state index contributed by atoms with van der Waals surface area (Å²) >= 11 is 0. The van der Waals surface area contributed by atoms with Crippen molar-refractivity contribution in [1.29, 1.82) is 0 Å². The first-order valence-corrected chi connectivity index (χ1v) is 22.7. The van der Waals surface area contributed by atoms with Crippen LogP contribution >= 0.6 is 0 Å². The van der Waals surface area contributed by atoms with Crippen LogP contribution in [0.3, 0.4) is 0 Å². The van der Waals surface area contributed by atoms with Crippen LogP contribution in [-0.2, 0) is 21.7 Å². The molecule has 8 bridgehead atoms.